The molecule has 186 valence electrons. The van der Waals surface area contributed by atoms with Crippen LogP contribution in [0.4, 0.5) is 5.69 Å². The summed E-state index contributed by atoms with van der Waals surface area (Å²) in [6, 6.07) is 16.9. The van der Waals surface area contributed by atoms with Crippen LogP contribution in [0.2, 0.25) is 20.1 Å². The second kappa shape index (κ2) is 10.4. The first-order valence-electron chi connectivity index (χ1n) is 10.7. The second-order valence-corrected chi connectivity index (χ2v) is 10.0. The Bertz CT molecular complexity index is 1700. The quantitative estimate of drug-likeness (QED) is 0.204. The first kappa shape index (κ1) is 25.6. The van der Waals surface area contributed by atoms with Crippen LogP contribution in [0.3, 0.4) is 0 Å². The van der Waals surface area contributed by atoms with E-state index in [2.05, 4.69) is 15.6 Å². The van der Waals surface area contributed by atoms with Gasteiger partial charge in [-0.25, -0.2) is 4.98 Å². The number of carbonyl (C=O) groups is 1. The van der Waals surface area contributed by atoms with Crippen molar-refractivity contribution < 1.29 is 13.6 Å². The summed E-state index contributed by atoms with van der Waals surface area (Å²) in [6.07, 6.45) is 0. The fraction of sp³-hybridized carbons (Fsp3) is 0.0385. The molecule has 0 aliphatic carbocycles. The van der Waals surface area contributed by atoms with Crippen LogP contribution in [0.5, 0.6) is 0 Å². The Kier molecular flexibility index (Phi) is 7.16. The number of aromatic nitrogens is 1. The highest BCUT2D eigenvalue weighted by Crippen LogP contribution is 2.35. The van der Waals surface area contributed by atoms with Gasteiger partial charge in [0, 0.05) is 26.9 Å². The molecule has 0 radical (unpaired) electrons. The molecule has 37 heavy (non-hydrogen) atoms. The minimum Gasteiger partial charge on any atom is -0.451 e. The third-order valence-corrected chi connectivity index (χ3v) is 6.73. The van der Waals surface area contributed by atoms with Crippen LogP contribution in [-0.4, -0.2) is 16.0 Å². The summed E-state index contributed by atoms with van der Waals surface area (Å²) in [5.41, 5.74) is 3.77. The zero-order valence-electron chi connectivity index (χ0n) is 18.9. The van der Waals surface area contributed by atoms with Crippen LogP contribution in [-0.2, 0) is 0 Å². The number of nitrogens with one attached hydrogen (secondary N) is 2. The fourth-order valence-electron chi connectivity index (χ4n) is 3.69. The topological polar surface area (TPSA) is 80.3 Å². The molecule has 2 aromatic heterocycles. The number of amides is 1. The van der Waals surface area contributed by atoms with Gasteiger partial charge in [-0.15, -0.1) is 0 Å². The maximum absolute atomic E-state index is 12.7. The SMILES string of the molecule is Cc1c(NC(=S)NC(=O)c2ccc(-c3ccc(Cl)cc3Cl)o2)cccc1-c1nc2cc(Cl)cc(Cl)c2o1. The average molecular weight is 591 g/mol. The van der Waals surface area contributed by atoms with Gasteiger partial charge in [-0.05, 0) is 79.3 Å². The Balaban J connectivity index is 1.32. The minimum atomic E-state index is -0.520. The van der Waals surface area contributed by atoms with E-state index in [4.69, 9.17) is 67.5 Å². The summed E-state index contributed by atoms with van der Waals surface area (Å²) in [7, 11) is 0. The number of hydrogen-bond acceptors (Lipinski definition) is 5. The number of hydrogen-bond donors (Lipinski definition) is 2. The normalized spacial score (nSPS) is 11.1. The number of nitrogens with zero attached hydrogens (tertiary/aromatic N) is 1. The molecule has 1 amide bonds. The highest BCUT2D eigenvalue weighted by atomic mass is 35.5. The van der Waals surface area contributed by atoms with Gasteiger partial charge in [-0.3, -0.25) is 10.1 Å². The molecule has 0 bridgehead atoms. The molecule has 6 nitrogen and oxygen atoms in total. The predicted molar refractivity (Wildman–Crippen MR) is 152 cm³/mol. The number of carbonyl (C=O) groups excluding carboxylic acids is 1. The molecular formula is C26H15Cl4N3O3S. The van der Waals surface area contributed by atoms with E-state index >= 15 is 0 Å². The largest absolute Gasteiger partial charge is 0.451 e. The molecular weight excluding hydrogens is 576 g/mol. The zero-order valence-corrected chi connectivity index (χ0v) is 22.7. The molecule has 2 heterocycles. The van der Waals surface area contributed by atoms with Gasteiger partial charge >= 0.3 is 0 Å². The lowest BCUT2D eigenvalue weighted by molar-refractivity contribution is 0.0951. The van der Waals surface area contributed by atoms with Crippen LogP contribution in [0, 0.1) is 6.92 Å². The minimum absolute atomic E-state index is 0.0673. The van der Waals surface area contributed by atoms with E-state index in [-0.39, 0.29) is 10.9 Å². The third kappa shape index (κ3) is 5.32. The molecule has 0 fully saturated rings. The highest BCUT2D eigenvalue weighted by molar-refractivity contribution is 7.80. The van der Waals surface area contributed by atoms with Crippen molar-refractivity contribution in [2.75, 3.05) is 5.32 Å². The monoisotopic (exact) mass is 589 g/mol. The van der Waals surface area contributed by atoms with E-state index in [0.717, 1.165) is 11.1 Å². The number of halogens is 4. The van der Waals surface area contributed by atoms with E-state index in [0.29, 0.717) is 54.1 Å². The molecule has 0 atom stereocenters. The lowest BCUT2D eigenvalue weighted by Gasteiger charge is -2.13. The molecule has 0 aliphatic heterocycles. The second-order valence-electron chi connectivity index (χ2n) is 7.93. The molecule has 5 aromatic rings. The summed E-state index contributed by atoms with van der Waals surface area (Å²) in [5, 5.41) is 7.48. The van der Waals surface area contributed by atoms with Crippen molar-refractivity contribution in [2.24, 2.45) is 0 Å². The van der Waals surface area contributed by atoms with Crippen molar-refractivity contribution in [1.29, 1.82) is 0 Å². The van der Waals surface area contributed by atoms with Gasteiger partial charge in [0.1, 0.15) is 11.3 Å². The Labute approximate surface area is 236 Å². The van der Waals surface area contributed by atoms with E-state index in [1.165, 1.54) is 6.07 Å². The molecule has 0 unspecified atom stereocenters. The smallest absolute Gasteiger partial charge is 0.293 e. The van der Waals surface area contributed by atoms with Gasteiger partial charge < -0.3 is 14.2 Å². The molecule has 5 rings (SSSR count). The average Bonchev–Trinajstić information content (AvgIpc) is 3.48. The number of fused-ring (bicyclic) bond motifs is 1. The number of anilines is 1. The first-order chi connectivity index (χ1) is 17.7. The summed E-state index contributed by atoms with van der Waals surface area (Å²) < 4.78 is 11.6. The number of furan rings is 1. The number of rotatable bonds is 4. The van der Waals surface area contributed by atoms with Crippen LogP contribution >= 0.6 is 58.6 Å². The predicted octanol–water partition coefficient (Wildman–Crippen LogP) is 8.80. The molecule has 11 heteroatoms. The van der Waals surface area contributed by atoms with Gasteiger partial charge in [0.15, 0.2) is 16.5 Å². The number of benzene rings is 3. The number of oxazole rings is 1. The summed E-state index contributed by atoms with van der Waals surface area (Å²) in [6.45, 7) is 1.88. The molecule has 2 N–H and O–H groups in total. The molecule has 0 saturated heterocycles. The van der Waals surface area contributed by atoms with Crippen molar-refractivity contribution in [3.05, 3.63) is 92.1 Å². The van der Waals surface area contributed by atoms with Crippen molar-refractivity contribution in [2.45, 2.75) is 6.92 Å². The molecule has 0 aliphatic rings. The Morgan fingerprint density at radius 3 is 2.46 bits per heavy atom. The van der Waals surface area contributed by atoms with Gasteiger partial charge in [0.2, 0.25) is 5.89 Å². The fourth-order valence-corrected chi connectivity index (χ4v) is 4.92. The first-order valence-corrected chi connectivity index (χ1v) is 12.6. The lowest BCUT2D eigenvalue weighted by atomic mass is 10.1. The van der Waals surface area contributed by atoms with Crippen LogP contribution in [0.15, 0.2) is 69.5 Å². The number of thiocarbonyl (C=S) groups is 1. The van der Waals surface area contributed by atoms with Gasteiger partial charge in [-0.2, -0.15) is 0 Å². The van der Waals surface area contributed by atoms with Crippen molar-refractivity contribution in [1.82, 2.24) is 10.3 Å². The summed E-state index contributed by atoms with van der Waals surface area (Å²) in [5.74, 6) is 0.346. The summed E-state index contributed by atoms with van der Waals surface area (Å²) in [4.78, 5) is 17.2. The molecule has 0 spiro atoms. The van der Waals surface area contributed by atoms with E-state index < -0.39 is 5.91 Å². The van der Waals surface area contributed by atoms with E-state index in [9.17, 15) is 4.79 Å². The maximum Gasteiger partial charge on any atom is 0.293 e. The van der Waals surface area contributed by atoms with E-state index in [1.807, 2.05) is 25.1 Å². The van der Waals surface area contributed by atoms with Crippen molar-refractivity contribution in [3.8, 4) is 22.8 Å². The Morgan fingerprint density at radius 1 is 0.892 bits per heavy atom. The van der Waals surface area contributed by atoms with Crippen LogP contribution < -0.4 is 10.6 Å². The lowest BCUT2D eigenvalue weighted by Crippen LogP contribution is -2.34. The van der Waals surface area contributed by atoms with Crippen LogP contribution in [0.1, 0.15) is 16.1 Å². The molecule has 0 saturated carbocycles. The van der Waals surface area contributed by atoms with Gasteiger partial charge in [0.25, 0.3) is 5.91 Å². The van der Waals surface area contributed by atoms with E-state index in [1.54, 1.807) is 36.4 Å². The highest BCUT2D eigenvalue weighted by Gasteiger charge is 2.18. The standard InChI is InChI=1S/C26H15Cl4N3O3S/c1-12-15(25-31-20-11-14(28)10-18(30)23(20)36-25)3-2-4-19(12)32-26(37)33-24(34)22-8-7-21(35-22)16-6-5-13(27)9-17(16)29/h2-11H,1H3,(H2,32,33,34,37). The van der Waals surface area contributed by atoms with Gasteiger partial charge in [0.05, 0.1) is 10.0 Å². The van der Waals surface area contributed by atoms with Crippen LogP contribution in [0.25, 0.3) is 33.9 Å². The van der Waals surface area contributed by atoms with Crippen molar-refractivity contribution in [3.63, 3.8) is 0 Å². The Hall–Kier alpha value is -3.07. The zero-order chi connectivity index (χ0) is 26.3. The van der Waals surface area contributed by atoms with Crippen molar-refractivity contribution >= 4 is 86.4 Å². The Morgan fingerprint density at radius 2 is 1.68 bits per heavy atom. The summed E-state index contributed by atoms with van der Waals surface area (Å²) >= 11 is 29.9. The maximum atomic E-state index is 12.7. The molecule has 3 aromatic carbocycles. The van der Waals surface area contributed by atoms with Gasteiger partial charge in [-0.1, -0.05) is 52.5 Å². The third-order valence-electron chi connectivity index (χ3n) is 5.48.